The fraction of sp³-hybridized carbons (Fsp3) is 0.562. The molecule has 1 saturated carbocycles. The molecule has 0 aromatic carbocycles. The second kappa shape index (κ2) is 6.54. The highest BCUT2D eigenvalue weighted by molar-refractivity contribution is 5.95. The van der Waals surface area contributed by atoms with Gasteiger partial charge in [0.1, 0.15) is 6.10 Å². The fourth-order valence-corrected chi connectivity index (χ4v) is 2.94. The van der Waals surface area contributed by atoms with Crippen LogP contribution in [0.2, 0.25) is 0 Å². The lowest BCUT2D eigenvalue weighted by Gasteiger charge is -2.41. The van der Waals surface area contributed by atoms with Gasteiger partial charge in [0.2, 0.25) is 5.88 Å². The first-order valence-corrected chi connectivity index (χ1v) is 7.81. The number of rotatable bonds is 6. The quantitative estimate of drug-likeness (QED) is 0.821. The normalized spacial score (nSPS) is 22.2. The molecule has 7 nitrogen and oxygen atoms in total. The molecule has 1 aliphatic heterocycles. The topological polar surface area (TPSA) is 97.8 Å². The Bertz CT molecular complexity index is 594. The number of carboxylic acid groups (broad SMARTS) is 1. The van der Waals surface area contributed by atoms with Crippen LogP contribution in [0, 0.1) is 0 Å². The standard InChI is InChI=1S/C16H20N2O5/c19-14(20)9-16(4-1-5-16)18-15(21)11-2-6-17-13(8-11)23-12-3-7-22-10-12/h2,6,8,12H,1,3-5,7,9-10H2,(H,18,21)(H,19,20). The number of hydrogen-bond acceptors (Lipinski definition) is 5. The van der Waals surface area contributed by atoms with Crippen molar-refractivity contribution in [3.8, 4) is 5.88 Å². The van der Waals surface area contributed by atoms with Crippen LogP contribution in [-0.4, -0.2) is 46.8 Å². The molecule has 1 aromatic rings. The van der Waals surface area contributed by atoms with Gasteiger partial charge in [-0.2, -0.15) is 0 Å². The highest BCUT2D eigenvalue weighted by Gasteiger charge is 2.40. The van der Waals surface area contributed by atoms with Crippen molar-refractivity contribution in [2.75, 3.05) is 13.2 Å². The highest BCUT2D eigenvalue weighted by Crippen LogP contribution is 2.35. The molecule has 2 heterocycles. The maximum absolute atomic E-state index is 12.4. The second-order valence-electron chi connectivity index (χ2n) is 6.14. The zero-order chi connectivity index (χ0) is 16.3. The summed E-state index contributed by atoms with van der Waals surface area (Å²) in [5.41, 5.74) is -0.197. The van der Waals surface area contributed by atoms with E-state index in [4.69, 9.17) is 14.6 Å². The summed E-state index contributed by atoms with van der Waals surface area (Å²) < 4.78 is 10.9. The van der Waals surface area contributed by atoms with Gasteiger partial charge in [-0.1, -0.05) is 0 Å². The van der Waals surface area contributed by atoms with E-state index in [0.717, 1.165) is 12.8 Å². The van der Waals surface area contributed by atoms with E-state index in [1.807, 2.05) is 0 Å². The molecule has 0 spiro atoms. The molecular weight excluding hydrogens is 300 g/mol. The van der Waals surface area contributed by atoms with Crippen molar-refractivity contribution < 1.29 is 24.2 Å². The lowest BCUT2D eigenvalue weighted by Crippen LogP contribution is -2.54. The lowest BCUT2D eigenvalue weighted by atomic mass is 9.74. The van der Waals surface area contributed by atoms with Gasteiger partial charge in [0.25, 0.3) is 5.91 Å². The van der Waals surface area contributed by atoms with Crippen LogP contribution in [0.15, 0.2) is 18.3 Å². The molecule has 124 valence electrons. The average molecular weight is 320 g/mol. The minimum absolute atomic E-state index is 0.0363. The van der Waals surface area contributed by atoms with Crippen molar-refractivity contribution in [3.05, 3.63) is 23.9 Å². The molecule has 1 aliphatic carbocycles. The van der Waals surface area contributed by atoms with Gasteiger partial charge in [-0.25, -0.2) is 4.98 Å². The second-order valence-corrected chi connectivity index (χ2v) is 6.14. The summed E-state index contributed by atoms with van der Waals surface area (Å²) in [5, 5.41) is 11.9. The number of carboxylic acids is 1. The fourth-order valence-electron chi connectivity index (χ4n) is 2.94. The number of aliphatic carboxylic acids is 1. The molecule has 23 heavy (non-hydrogen) atoms. The number of carbonyl (C=O) groups excluding carboxylic acids is 1. The molecule has 0 bridgehead atoms. The van der Waals surface area contributed by atoms with Crippen molar-refractivity contribution in [1.82, 2.24) is 10.3 Å². The summed E-state index contributed by atoms with van der Waals surface area (Å²) in [6.45, 7) is 1.20. The predicted molar refractivity (Wildman–Crippen MR) is 80.4 cm³/mol. The molecule has 0 radical (unpaired) electrons. The van der Waals surface area contributed by atoms with E-state index in [2.05, 4.69) is 10.3 Å². The van der Waals surface area contributed by atoms with Crippen LogP contribution >= 0.6 is 0 Å². The number of hydrogen-bond donors (Lipinski definition) is 2. The minimum Gasteiger partial charge on any atom is -0.481 e. The summed E-state index contributed by atoms with van der Waals surface area (Å²) in [6, 6.07) is 3.18. The summed E-state index contributed by atoms with van der Waals surface area (Å²) >= 11 is 0. The molecule has 1 atom stereocenters. The smallest absolute Gasteiger partial charge is 0.305 e. The van der Waals surface area contributed by atoms with Crippen LogP contribution in [0.1, 0.15) is 42.5 Å². The minimum atomic E-state index is -0.898. The van der Waals surface area contributed by atoms with E-state index in [1.54, 1.807) is 12.1 Å². The average Bonchev–Trinajstić information content (AvgIpc) is 2.97. The first-order valence-electron chi connectivity index (χ1n) is 7.81. The Morgan fingerprint density at radius 3 is 2.91 bits per heavy atom. The summed E-state index contributed by atoms with van der Waals surface area (Å²) in [6.07, 6.45) is 4.56. The van der Waals surface area contributed by atoms with Gasteiger partial charge >= 0.3 is 5.97 Å². The molecule has 2 aliphatic rings. The molecular formula is C16H20N2O5. The van der Waals surface area contributed by atoms with E-state index in [1.165, 1.54) is 6.20 Å². The third-order valence-corrected chi connectivity index (χ3v) is 4.35. The largest absolute Gasteiger partial charge is 0.481 e. The zero-order valence-electron chi connectivity index (χ0n) is 12.8. The highest BCUT2D eigenvalue weighted by atomic mass is 16.5. The summed E-state index contributed by atoms with van der Waals surface area (Å²) in [5.74, 6) is -0.806. The van der Waals surface area contributed by atoms with E-state index in [0.29, 0.717) is 37.5 Å². The maximum Gasteiger partial charge on any atom is 0.305 e. The van der Waals surface area contributed by atoms with Crippen molar-refractivity contribution in [2.45, 2.75) is 43.7 Å². The maximum atomic E-state index is 12.4. The van der Waals surface area contributed by atoms with E-state index in [-0.39, 0.29) is 18.4 Å². The molecule has 2 fully saturated rings. The van der Waals surface area contributed by atoms with Crippen molar-refractivity contribution in [2.24, 2.45) is 0 Å². The predicted octanol–water partition coefficient (Wildman–Crippen LogP) is 1.38. The Kier molecular flexibility index (Phi) is 4.47. The number of aromatic nitrogens is 1. The first kappa shape index (κ1) is 15.7. The lowest BCUT2D eigenvalue weighted by molar-refractivity contribution is -0.139. The molecule has 1 aromatic heterocycles. The number of amides is 1. The first-order chi connectivity index (χ1) is 11.1. The summed E-state index contributed by atoms with van der Waals surface area (Å²) in [7, 11) is 0. The third kappa shape index (κ3) is 3.79. The Balaban J connectivity index is 1.65. The van der Waals surface area contributed by atoms with Crippen LogP contribution < -0.4 is 10.1 Å². The van der Waals surface area contributed by atoms with Crippen molar-refractivity contribution in [3.63, 3.8) is 0 Å². The Labute approximate surface area is 134 Å². The number of pyridine rings is 1. The molecule has 2 N–H and O–H groups in total. The Morgan fingerprint density at radius 1 is 1.48 bits per heavy atom. The van der Waals surface area contributed by atoms with E-state index >= 15 is 0 Å². The van der Waals surface area contributed by atoms with Gasteiger partial charge in [-0.3, -0.25) is 9.59 Å². The van der Waals surface area contributed by atoms with Crippen LogP contribution in [0.4, 0.5) is 0 Å². The molecule has 1 amide bonds. The van der Waals surface area contributed by atoms with Gasteiger partial charge in [0, 0.05) is 24.2 Å². The van der Waals surface area contributed by atoms with Gasteiger partial charge in [-0.05, 0) is 25.3 Å². The molecule has 1 unspecified atom stereocenters. The SMILES string of the molecule is O=C(O)CC1(NC(=O)c2ccnc(OC3CCOC3)c2)CCC1. The van der Waals surface area contributed by atoms with Crippen molar-refractivity contribution >= 4 is 11.9 Å². The third-order valence-electron chi connectivity index (χ3n) is 4.35. The van der Waals surface area contributed by atoms with Gasteiger partial charge in [0.15, 0.2) is 0 Å². The van der Waals surface area contributed by atoms with E-state index in [9.17, 15) is 9.59 Å². The number of nitrogens with zero attached hydrogens (tertiary/aromatic N) is 1. The van der Waals surface area contributed by atoms with E-state index < -0.39 is 11.5 Å². The molecule has 7 heteroatoms. The van der Waals surface area contributed by atoms with Gasteiger partial charge in [-0.15, -0.1) is 0 Å². The van der Waals surface area contributed by atoms with Crippen LogP contribution in [0.25, 0.3) is 0 Å². The number of carbonyl (C=O) groups is 2. The number of nitrogens with one attached hydrogen (secondary N) is 1. The summed E-state index contributed by atoms with van der Waals surface area (Å²) in [4.78, 5) is 27.5. The van der Waals surface area contributed by atoms with Crippen molar-refractivity contribution in [1.29, 1.82) is 0 Å². The van der Waals surface area contributed by atoms with Gasteiger partial charge < -0.3 is 19.9 Å². The molecule has 1 saturated heterocycles. The van der Waals surface area contributed by atoms with Crippen LogP contribution in [0.5, 0.6) is 5.88 Å². The van der Waals surface area contributed by atoms with Crippen LogP contribution in [0.3, 0.4) is 0 Å². The molecule has 3 rings (SSSR count). The number of ether oxygens (including phenoxy) is 2. The monoisotopic (exact) mass is 320 g/mol. The van der Waals surface area contributed by atoms with Crippen LogP contribution in [-0.2, 0) is 9.53 Å². The zero-order valence-corrected chi connectivity index (χ0v) is 12.8. The van der Waals surface area contributed by atoms with Gasteiger partial charge in [0.05, 0.1) is 25.2 Å². The Hall–Kier alpha value is -2.15. The Morgan fingerprint density at radius 2 is 2.30 bits per heavy atom.